The molecule has 9 aromatic rings. The second-order valence-corrected chi connectivity index (χ2v) is 12.0. The van der Waals surface area contributed by atoms with Crippen LogP contribution in [0.25, 0.3) is 82.8 Å². The standard InChI is InChI=1S/C47H34N2/c1-2-45-48-42-26-14-16-28-44(42)49(45)43-27-15-13-25-41(43)47-39-23-11-9-21-37(39)46(38-22-10-12-24-40(38)47)36-30-34(32-17-5-3-6-18-32)29-35(31-36)33-19-7-4-8-20-33/h3-31H,2H2,1H3/i9D,10D,11D,12D,21D,22D,23D,24D. The average molecular weight is 635 g/mol. The van der Waals surface area contributed by atoms with Gasteiger partial charge in [0, 0.05) is 12.0 Å². The van der Waals surface area contributed by atoms with Crippen molar-refractivity contribution in [3.05, 3.63) is 182 Å². The third-order valence-electron chi connectivity index (χ3n) is 9.17. The van der Waals surface area contributed by atoms with E-state index in [-0.39, 0.29) is 45.7 Å². The van der Waals surface area contributed by atoms with E-state index in [4.69, 9.17) is 10.5 Å². The first-order valence-corrected chi connectivity index (χ1v) is 16.4. The largest absolute Gasteiger partial charge is 0.296 e. The van der Waals surface area contributed by atoms with Crippen LogP contribution in [0.3, 0.4) is 0 Å². The number of nitrogens with zero attached hydrogens (tertiary/aromatic N) is 2. The van der Waals surface area contributed by atoms with E-state index >= 15 is 0 Å². The lowest BCUT2D eigenvalue weighted by molar-refractivity contribution is 0.909. The van der Waals surface area contributed by atoms with Crippen LogP contribution < -0.4 is 0 Å². The summed E-state index contributed by atoms with van der Waals surface area (Å²) in [6, 6.07) is 37.8. The van der Waals surface area contributed by atoms with Crippen molar-refractivity contribution in [2.75, 3.05) is 0 Å². The van der Waals surface area contributed by atoms with Crippen LogP contribution in [0, 0.1) is 0 Å². The van der Waals surface area contributed by atoms with Crippen molar-refractivity contribution in [3.63, 3.8) is 0 Å². The van der Waals surface area contributed by atoms with Crippen molar-refractivity contribution >= 4 is 32.6 Å². The first kappa shape index (κ1) is 21.6. The Bertz CT molecular complexity index is 2950. The predicted molar refractivity (Wildman–Crippen MR) is 207 cm³/mol. The number of aryl methyl sites for hydroxylation is 1. The molecule has 49 heavy (non-hydrogen) atoms. The highest BCUT2D eigenvalue weighted by atomic mass is 15.1. The van der Waals surface area contributed by atoms with Crippen LogP contribution in [0.15, 0.2) is 176 Å². The summed E-state index contributed by atoms with van der Waals surface area (Å²) in [4.78, 5) is 4.92. The Balaban J connectivity index is 1.53. The minimum absolute atomic E-state index is 0.162. The summed E-state index contributed by atoms with van der Waals surface area (Å²) in [6.07, 6.45) is 0.588. The summed E-state index contributed by atoms with van der Waals surface area (Å²) in [5, 5.41) is 0.655. The molecular weight excluding hydrogens is 593 g/mol. The monoisotopic (exact) mass is 634 g/mol. The molecule has 8 aromatic carbocycles. The van der Waals surface area contributed by atoms with Crippen LogP contribution in [-0.4, -0.2) is 9.55 Å². The fourth-order valence-corrected chi connectivity index (χ4v) is 7.01. The van der Waals surface area contributed by atoms with E-state index in [2.05, 4.69) is 6.07 Å². The van der Waals surface area contributed by atoms with Crippen molar-refractivity contribution in [1.82, 2.24) is 9.55 Å². The van der Waals surface area contributed by atoms with Gasteiger partial charge in [-0.15, -0.1) is 0 Å². The summed E-state index contributed by atoms with van der Waals surface area (Å²) in [6.45, 7) is 2.01. The average Bonchev–Trinajstić information content (AvgIpc) is 3.64. The van der Waals surface area contributed by atoms with Crippen LogP contribution in [0.1, 0.15) is 23.7 Å². The first-order valence-electron chi connectivity index (χ1n) is 20.4. The quantitative estimate of drug-likeness (QED) is 0.166. The molecule has 0 N–H and O–H groups in total. The molecule has 0 saturated carbocycles. The SMILES string of the molecule is [2H]c1c([2H])c([2H])c2c(-c3ccccc3-n3c(CC)nc4ccccc43)c3c([2H])c([2H])c([2H])c([2H])c3c(-c3cc(-c4ccccc4)cc(-c4ccccc4)c3)c2c1[2H]. The Morgan fingerprint density at radius 2 is 1.00 bits per heavy atom. The van der Waals surface area contributed by atoms with E-state index in [1.807, 2.05) is 133 Å². The van der Waals surface area contributed by atoms with Gasteiger partial charge < -0.3 is 0 Å². The van der Waals surface area contributed by atoms with Gasteiger partial charge in [-0.3, -0.25) is 4.57 Å². The highest BCUT2D eigenvalue weighted by molar-refractivity contribution is 6.22. The van der Waals surface area contributed by atoms with Crippen molar-refractivity contribution in [1.29, 1.82) is 0 Å². The topological polar surface area (TPSA) is 17.8 Å². The van der Waals surface area contributed by atoms with Crippen molar-refractivity contribution < 1.29 is 11.0 Å². The number of hydrogen-bond acceptors (Lipinski definition) is 1. The third-order valence-corrected chi connectivity index (χ3v) is 9.17. The molecule has 0 amide bonds. The van der Waals surface area contributed by atoms with Gasteiger partial charge in [-0.2, -0.15) is 0 Å². The van der Waals surface area contributed by atoms with Crippen molar-refractivity contribution in [2.45, 2.75) is 13.3 Å². The summed E-state index contributed by atoms with van der Waals surface area (Å²) < 4.78 is 76.2. The van der Waals surface area contributed by atoms with Gasteiger partial charge in [-0.05, 0) is 96.9 Å². The highest BCUT2D eigenvalue weighted by Crippen LogP contribution is 2.46. The molecule has 0 bridgehead atoms. The summed E-state index contributed by atoms with van der Waals surface area (Å²) in [5.74, 6) is 0.767. The normalized spacial score (nSPS) is 13.7. The Kier molecular flexibility index (Phi) is 5.32. The molecule has 0 aliphatic heterocycles. The minimum Gasteiger partial charge on any atom is -0.296 e. The number of para-hydroxylation sites is 3. The van der Waals surface area contributed by atoms with Crippen molar-refractivity contribution in [3.8, 4) is 50.2 Å². The lowest BCUT2D eigenvalue weighted by atomic mass is 9.84. The molecule has 0 spiro atoms. The molecule has 232 valence electrons. The highest BCUT2D eigenvalue weighted by Gasteiger charge is 2.21. The van der Waals surface area contributed by atoms with Crippen molar-refractivity contribution in [2.24, 2.45) is 0 Å². The van der Waals surface area contributed by atoms with Gasteiger partial charge in [0.05, 0.1) is 27.7 Å². The van der Waals surface area contributed by atoms with E-state index in [1.54, 1.807) is 0 Å². The molecule has 0 aliphatic rings. The zero-order valence-electron chi connectivity index (χ0n) is 34.7. The number of fused-ring (bicyclic) bond motifs is 3. The first-order chi connectivity index (χ1) is 27.6. The maximum Gasteiger partial charge on any atom is 0.114 e. The van der Waals surface area contributed by atoms with E-state index in [0.717, 1.165) is 39.1 Å². The number of aromatic nitrogens is 2. The lowest BCUT2D eigenvalue weighted by Crippen LogP contribution is -2.03. The molecule has 1 aromatic heterocycles. The second-order valence-electron chi connectivity index (χ2n) is 12.0. The van der Waals surface area contributed by atoms with Crippen LogP contribution in [-0.2, 0) is 6.42 Å². The minimum atomic E-state index is -0.442. The maximum absolute atomic E-state index is 9.58. The molecule has 2 heteroatoms. The number of hydrogen-bond donors (Lipinski definition) is 0. The van der Waals surface area contributed by atoms with Gasteiger partial charge >= 0.3 is 0 Å². The van der Waals surface area contributed by atoms with Gasteiger partial charge in [-0.1, -0.05) is 146 Å². The molecule has 0 aliphatic carbocycles. The predicted octanol–water partition coefficient (Wildman–Crippen LogP) is 12.6. The van der Waals surface area contributed by atoms with E-state index in [1.165, 1.54) is 0 Å². The van der Waals surface area contributed by atoms with E-state index in [0.29, 0.717) is 34.4 Å². The molecule has 0 radical (unpaired) electrons. The Morgan fingerprint density at radius 1 is 0.510 bits per heavy atom. The summed E-state index contributed by atoms with van der Waals surface area (Å²) >= 11 is 0. The number of imidazole rings is 1. The van der Waals surface area contributed by atoms with Crippen LogP contribution >= 0.6 is 0 Å². The van der Waals surface area contributed by atoms with Crippen LogP contribution in [0.2, 0.25) is 0 Å². The van der Waals surface area contributed by atoms with E-state index in [9.17, 15) is 5.48 Å². The summed E-state index contributed by atoms with van der Waals surface area (Å²) in [5.41, 5.74) is 7.47. The molecule has 1 heterocycles. The van der Waals surface area contributed by atoms with E-state index < -0.39 is 24.2 Å². The molecule has 0 saturated heterocycles. The van der Waals surface area contributed by atoms with Crippen LogP contribution in [0.4, 0.5) is 0 Å². The maximum atomic E-state index is 9.58. The van der Waals surface area contributed by atoms with Gasteiger partial charge in [-0.25, -0.2) is 4.98 Å². The molecule has 2 nitrogen and oxygen atoms in total. The number of rotatable bonds is 6. The molecule has 9 rings (SSSR count). The second kappa shape index (κ2) is 12.1. The van der Waals surface area contributed by atoms with Gasteiger partial charge in [0.25, 0.3) is 0 Å². The molecule has 0 fully saturated rings. The fourth-order valence-electron chi connectivity index (χ4n) is 7.01. The Hall–Kier alpha value is -6.25. The van der Waals surface area contributed by atoms with Gasteiger partial charge in [0.2, 0.25) is 0 Å². The fraction of sp³-hybridized carbons (Fsp3) is 0.0426. The Morgan fingerprint density at radius 3 is 1.59 bits per heavy atom. The molecular formula is C47H34N2. The Labute approximate surface area is 297 Å². The zero-order chi connectivity index (χ0) is 39.7. The smallest absolute Gasteiger partial charge is 0.114 e. The lowest BCUT2D eigenvalue weighted by Gasteiger charge is -2.21. The molecule has 0 unspecified atom stereocenters. The van der Waals surface area contributed by atoms with Gasteiger partial charge in [0.15, 0.2) is 0 Å². The molecule has 0 atom stereocenters. The summed E-state index contributed by atoms with van der Waals surface area (Å²) in [7, 11) is 0. The third kappa shape index (κ3) is 4.92. The zero-order valence-corrected chi connectivity index (χ0v) is 26.7. The number of benzene rings is 8. The van der Waals surface area contributed by atoms with Crippen LogP contribution in [0.5, 0.6) is 0 Å². The van der Waals surface area contributed by atoms with Gasteiger partial charge in [0.1, 0.15) is 5.82 Å².